The van der Waals surface area contributed by atoms with Crippen molar-refractivity contribution in [3.8, 4) is 0 Å². The quantitative estimate of drug-likeness (QED) is 0.389. The number of amides is 1. The summed E-state index contributed by atoms with van der Waals surface area (Å²) >= 11 is 0. The smallest absolute Gasteiger partial charge is 0.320 e. The minimum Gasteiger partial charge on any atom is -0.465 e. The van der Waals surface area contributed by atoms with Gasteiger partial charge in [-0.25, -0.2) is 9.97 Å². The Morgan fingerprint density at radius 3 is 2.67 bits per heavy atom. The lowest BCUT2D eigenvalue weighted by Crippen LogP contribution is -2.46. The van der Waals surface area contributed by atoms with Crippen molar-refractivity contribution < 1.29 is 14.3 Å². The van der Waals surface area contributed by atoms with E-state index in [0.29, 0.717) is 36.4 Å². The van der Waals surface area contributed by atoms with Gasteiger partial charge in [0, 0.05) is 55.2 Å². The molecule has 1 saturated heterocycles. The van der Waals surface area contributed by atoms with Crippen molar-refractivity contribution in [3.05, 3.63) is 48.4 Å². The number of hydrogen-bond donors (Lipinski definition) is 3. The number of carbonyl (C=O) groups excluding carboxylic acids is 2. The summed E-state index contributed by atoms with van der Waals surface area (Å²) in [5.41, 5.74) is 2.13. The molecule has 2 fully saturated rings. The van der Waals surface area contributed by atoms with E-state index >= 15 is 0 Å². The minimum absolute atomic E-state index is 0.0545. The number of nitrogens with zero attached hydrogens (tertiary/aromatic N) is 4. The molecule has 0 aromatic carbocycles. The van der Waals surface area contributed by atoms with Gasteiger partial charge in [-0.3, -0.25) is 19.5 Å². The highest BCUT2D eigenvalue weighted by atomic mass is 16.5. The number of esters is 1. The van der Waals surface area contributed by atoms with E-state index in [1.165, 1.54) is 0 Å². The van der Waals surface area contributed by atoms with Crippen LogP contribution in [0.4, 0.5) is 17.3 Å². The standard InChI is InChI=1S/C26H31N7O3/c1-2-36-25(34)16-33-11-8-19(9-12-33)30-26(35)20-15-28-24(13-22(20)29-18-4-5-18)32-23-6-3-17-14-27-10-7-21(17)31-23/h3,6-7,10,13-15,18-19H,2,4-5,8-9,11-12,16H2,1H3,(H,30,35)(H2,28,29,31,32). The number of nitrogens with one attached hydrogen (secondary N) is 3. The number of hydrogen-bond acceptors (Lipinski definition) is 9. The van der Waals surface area contributed by atoms with Gasteiger partial charge in [0.1, 0.15) is 11.6 Å². The first-order valence-electron chi connectivity index (χ1n) is 12.5. The summed E-state index contributed by atoms with van der Waals surface area (Å²) in [5.74, 6) is 0.942. The van der Waals surface area contributed by atoms with Crippen LogP contribution >= 0.6 is 0 Å². The lowest BCUT2D eigenvalue weighted by molar-refractivity contribution is -0.144. The van der Waals surface area contributed by atoms with E-state index < -0.39 is 0 Å². The zero-order chi connectivity index (χ0) is 24.9. The number of rotatable bonds is 9. The fourth-order valence-electron chi connectivity index (χ4n) is 4.33. The van der Waals surface area contributed by atoms with Gasteiger partial charge < -0.3 is 20.7 Å². The molecule has 4 heterocycles. The number of likely N-dealkylation sites (tertiary alicyclic amines) is 1. The molecule has 1 aliphatic carbocycles. The number of anilines is 3. The van der Waals surface area contributed by atoms with Crippen LogP contribution in [0.1, 0.15) is 43.0 Å². The highest BCUT2D eigenvalue weighted by Gasteiger charge is 2.26. The van der Waals surface area contributed by atoms with E-state index in [1.807, 2.05) is 31.2 Å². The summed E-state index contributed by atoms with van der Waals surface area (Å²) in [5, 5.41) is 10.8. The Balaban J connectivity index is 1.24. The van der Waals surface area contributed by atoms with Crippen molar-refractivity contribution in [1.82, 2.24) is 25.2 Å². The lowest BCUT2D eigenvalue weighted by Gasteiger charge is -2.31. The van der Waals surface area contributed by atoms with Crippen molar-refractivity contribution in [2.45, 2.75) is 44.7 Å². The lowest BCUT2D eigenvalue weighted by atomic mass is 10.0. The van der Waals surface area contributed by atoms with Crippen molar-refractivity contribution >= 4 is 40.1 Å². The van der Waals surface area contributed by atoms with Gasteiger partial charge in [-0.15, -0.1) is 0 Å². The Morgan fingerprint density at radius 1 is 1.06 bits per heavy atom. The summed E-state index contributed by atoms with van der Waals surface area (Å²) in [4.78, 5) is 40.2. The van der Waals surface area contributed by atoms with Gasteiger partial charge in [0.25, 0.3) is 5.91 Å². The van der Waals surface area contributed by atoms with Gasteiger partial charge in [-0.2, -0.15) is 0 Å². The first-order valence-corrected chi connectivity index (χ1v) is 12.5. The molecule has 3 N–H and O–H groups in total. The van der Waals surface area contributed by atoms with Gasteiger partial charge >= 0.3 is 5.97 Å². The molecule has 36 heavy (non-hydrogen) atoms. The summed E-state index contributed by atoms with van der Waals surface area (Å²) in [6, 6.07) is 8.01. The predicted octanol–water partition coefficient (Wildman–Crippen LogP) is 3.10. The number of piperidine rings is 1. The molecule has 10 nitrogen and oxygen atoms in total. The molecule has 0 atom stereocenters. The highest BCUT2D eigenvalue weighted by Crippen LogP contribution is 2.29. The molecule has 2 aliphatic rings. The van der Waals surface area contributed by atoms with Gasteiger partial charge in [0.15, 0.2) is 0 Å². The van der Waals surface area contributed by atoms with Gasteiger partial charge in [-0.05, 0) is 50.8 Å². The maximum Gasteiger partial charge on any atom is 0.320 e. The third kappa shape index (κ3) is 6.06. The third-order valence-corrected chi connectivity index (χ3v) is 6.41. The summed E-state index contributed by atoms with van der Waals surface area (Å²) in [6.45, 7) is 3.98. The molecule has 1 saturated carbocycles. The molecular formula is C26H31N7O3. The van der Waals surface area contributed by atoms with Gasteiger partial charge in [0.05, 0.1) is 29.9 Å². The second-order valence-corrected chi connectivity index (χ2v) is 9.25. The van der Waals surface area contributed by atoms with Crippen molar-refractivity contribution in [2.24, 2.45) is 0 Å². The molecule has 1 amide bonds. The second kappa shape index (κ2) is 10.9. The fourth-order valence-corrected chi connectivity index (χ4v) is 4.33. The van der Waals surface area contributed by atoms with E-state index in [1.54, 1.807) is 18.6 Å². The molecule has 1 aliphatic heterocycles. The van der Waals surface area contributed by atoms with Crippen LogP contribution in [-0.2, 0) is 9.53 Å². The average Bonchev–Trinajstić information content (AvgIpc) is 3.69. The summed E-state index contributed by atoms with van der Waals surface area (Å²) in [7, 11) is 0. The number of aromatic nitrogens is 3. The van der Waals surface area contributed by atoms with E-state index in [0.717, 1.165) is 55.4 Å². The highest BCUT2D eigenvalue weighted by molar-refractivity contribution is 6.00. The van der Waals surface area contributed by atoms with Crippen LogP contribution in [0.5, 0.6) is 0 Å². The number of pyridine rings is 3. The molecule has 0 spiro atoms. The van der Waals surface area contributed by atoms with E-state index in [-0.39, 0.29) is 17.9 Å². The Bertz CT molecular complexity index is 1240. The van der Waals surface area contributed by atoms with E-state index in [9.17, 15) is 9.59 Å². The molecule has 3 aromatic rings. The molecule has 0 bridgehead atoms. The first-order chi connectivity index (χ1) is 17.6. The summed E-state index contributed by atoms with van der Waals surface area (Å²) in [6.07, 6.45) is 8.85. The molecule has 3 aromatic heterocycles. The fraction of sp³-hybridized carbons (Fsp3) is 0.423. The van der Waals surface area contributed by atoms with E-state index in [2.05, 4.69) is 35.8 Å². The molecular weight excluding hydrogens is 458 g/mol. The van der Waals surface area contributed by atoms with Gasteiger partial charge in [0.2, 0.25) is 0 Å². The Hall–Kier alpha value is -3.79. The van der Waals surface area contributed by atoms with Crippen LogP contribution in [0.2, 0.25) is 0 Å². The Morgan fingerprint density at radius 2 is 1.89 bits per heavy atom. The average molecular weight is 490 g/mol. The molecule has 0 unspecified atom stereocenters. The third-order valence-electron chi connectivity index (χ3n) is 6.41. The Labute approximate surface area is 209 Å². The maximum absolute atomic E-state index is 13.2. The van der Waals surface area contributed by atoms with Crippen molar-refractivity contribution in [1.29, 1.82) is 0 Å². The normalized spacial score (nSPS) is 16.5. The number of fused-ring (bicyclic) bond motifs is 1. The topological polar surface area (TPSA) is 121 Å². The van der Waals surface area contributed by atoms with Crippen molar-refractivity contribution in [3.63, 3.8) is 0 Å². The SMILES string of the molecule is CCOC(=O)CN1CCC(NC(=O)c2cnc(Nc3ccc4cnccc4n3)cc2NC2CC2)CC1. The molecule has 0 radical (unpaired) electrons. The zero-order valence-electron chi connectivity index (χ0n) is 20.4. The van der Waals surface area contributed by atoms with Crippen LogP contribution in [0, 0.1) is 0 Å². The second-order valence-electron chi connectivity index (χ2n) is 9.25. The zero-order valence-corrected chi connectivity index (χ0v) is 20.4. The van der Waals surface area contributed by atoms with Crippen LogP contribution < -0.4 is 16.0 Å². The Kier molecular flexibility index (Phi) is 7.22. The largest absolute Gasteiger partial charge is 0.465 e. The summed E-state index contributed by atoms with van der Waals surface area (Å²) < 4.78 is 5.03. The van der Waals surface area contributed by atoms with Crippen LogP contribution in [-0.4, -0.2) is 70.1 Å². The number of carbonyl (C=O) groups is 2. The molecule has 188 valence electrons. The van der Waals surface area contributed by atoms with Crippen LogP contribution in [0.15, 0.2) is 42.9 Å². The monoisotopic (exact) mass is 489 g/mol. The van der Waals surface area contributed by atoms with Crippen LogP contribution in [0.3, 0.4) is 0 Å². The maximum atomic E-state index is 13.2. The predicted molar refractivity (Wildman–Crippen MR) is 137 cm³/mol. The minimum atomic E-state index is -0.202. The first kappa shape index (κ1) is 23.9. The molecule has 5 rings (SSSR count). The van der Waals surface area contributed by atoms with Crippen LogP contribution in [0.25, 0.3) is 10.9 Å². The van der Waals surface area contributed by atoms with Crippen molar-refractivity contribution in [2.75, 3.05) is 36.9 Å². The van der Waals surface area contributed by atoms with E-state index in [4.69, 9.17) is 4.74 Å². The van der Waals surface area contributed by atoms with Gasteiger partial charge in [-0.1, -0.05) is 0 Å². The number of ether oxygens (including phenoxy) is 1. The molecule has 10 heteroatoms.